The van der Waals surface area contributed by atoms with Crippen molar-refractivity contribution >= 4 is 41.4 Å². The molecule has 4 nitrogen and oxygen atoms in total. The fourth-order valence-corrected chi connectivity index (χ4v) is 2.46. The summed E-state index contributed by atoms with van der Waals surface area (Å²) in [7, 11) is 0. The standard InChI is InChI=1S/C12H13NO3S2/c1-9(14)13-12(18-2,11(15)16-8-17)10-6-4-3-5-7-10/h3-8H,1-2H3,(H,13,14). The Morgan fingerprint density at radius 3 is 2.44 bits per heavy atom. The molecule has 96 valence electrons. The minimum absolute atomic E-state index is 0.325. The van der Waals surface area contributed by atoms with Crippen LogP contribution in [0.25, 0.3) is 0 Å². The Hall–Kier alpha value is -1.40. The molecule has 18 heavy (non-hydrogen) atoms. The Morgan fingerprint density at radius 2 is 2.00 bits per heavy atom. The molecule has 0 saturated carbocycles. The van der Waals surface area contributed by atoms with E-state index in [-0.39, 0.29) is 5.91 Å². The van der Waals surface area contributed by atoms with Crippen LogP contribution in [0.5, 0.6) is 0 Å². The normalized spacial score (nSPS) is 13.2. The second kappa shape index (κ2) is 6.51. The van der Waals surface area contributed by atoms with Crippen LogP contribution in [-0.2, 0) is 19.2 Å². The predicted octanol–water partition coefficient (Wildman–Crippen LogP) is 1.84. The molecule has 1 amide bonds. The fourth-order valence-electron chi connectivity index (χ4n) is 1.54. The van der Waals surface area contributed by atoms with Gasteiger partial charge in [-0.2, -0.15) is 0 Å². The van der Waals surface area contributed by atoms with Crippen LogP contribution in [0.2, 0.25) is 0 Å². The summed E-state index contributed by atoms with van der Waals surface area (Å²) in [4.78, 5) is 22.1. The molecular weight excluding hydrogens is 270 g/mol. The highest BCUT2D eigenvalue weighted by molar-refractivity contribution is 8.00. The topological polar surface area (TPSA) is 55.4 Å². The number of rotatable bonds is 5. The SMILES string of the molecule is CSC(NC(C)=O)(C(=O)OC=S)c1ccccc1. The molecule has 6 heteroatoms. The Morgan fingerprint density at radius 1 is 1.39 bits per heavy atom. The van der Waals surface area contributed by atoms with Crippen LogP contribution in [0.3, 0.4) is 0 Å². The molecule has 0 bridgehead atoms. The third kappa shape index (κ3) is 3.08. The summed E-state index contributed by atoms with van der Waals surface area (Å²) < 4.78 is 4.77. The van der Waals surface area contributed by atoms with Crippen molar-refractivity contribution in [2.24, 2.45) is 0 Å². The molecular formula is C12H13NO3S2. The van der Waals surface area contributed by atoms with E-state index in [4.69, 9.17) is 4.74 Å². The van der Waals surface area contributed by atoms with E-state index < -0.39 is 10.8 Å². The van der Waals surface area contributed by atoms with E-state index >= 15 is 0 Å². The van der Waals surface area contributed by atoms with Crippen LogP contribution in [0.15, 0.2) is 30.3 Å². The van der Waals surface area contributed by atoms with Crippen LogP contribution in [0, 0.1) is 0 Å². The van der Waals surface area contributed by atoms with Crippen molar-refractivity contribution in [3.8, 4) is 0 Å². The number of nitrogens with one attached hydrogen (secondary N) is 1. The third-order valence-electron chi connectivity index (χ3n) is 2.28. The molecule has 0 aliphatic carbocycles. The van der Waals surface area contributed by atoms with Crippen molar-refractivity contribution in [2.45, 2.75) is 11.8 Å². The maximum absolute atomic E-state index is 12.1. The predicted molar refractivity (Wildman–Crippen MR) is 75.2 cm³/mol. The van der Waals surface area contributed by atoms with Gasteiger partial charge in [0.1, 0.15) is 0 Å². The molecule has 0 aliphatic rings. The lowest BCUT2D eigenvalue weighted by Gasteiger charge is -2.29. The number of ether oxygens (including phenoxy) is 1. The number of carbonyl (C=O) groups is 2. The number of amides is 1. The Labute approximate surface area is 115 Å². The smallest absolute Gasteiger partial charge is 0.352 e. The van der Waals surface area contributed by atoms with E-state index in [2.05, 4.69) is 17.5 Å². The molecule has 0 heterocycles. The molecule has 1 aromatic carbocycles. The van der Waals surface area contributed by atoms with Gasteiger partial charge in [-0.1, -0.05) is 30.3 Å². The minimum atomic E-state index is -1.28. The van der Waals surface area contributed by atoms with Gasteiger partial charge in [-0.25, -0.2) is 4.79 Å². The summed E-state index contributed by atoms with van der Waals surface area (Å²) in [5.41, 5.74) is 1.52. The zero-order valence-electron chi connectivity index (χ0n) is 10.0. The van der Waals surface area contributed by atoms with Crippen molar-refractivity contribution in [1.82, 2.24) is 5.32 Å². The molecule has 0 aliphatic heterocycles. The molecule has 0 fully saturated rings. The first-order valence-electron chi connectivity index (χ1n) is 5.11. The highest BCUT2D eigenvalue weighted by atomic mass is 32.2. The zero-order valence-corrected chi connectivity index (χ0v) is 11.6. The lowest BCUT2D eigenvalue weighted by Crippen LogP contribution is -2.49. The molecule has 0 spiro atoms. The maximum Gasteiger partial charge on any atom is 0.352 e. The van der Waals surface area contributed by atoms with E-state index in [1.807, 2.05) is 6.07 Å². The van der Waals surface area contributed by atoms with Gasteiger partial charge in [0.05, 0.1) is 0 Å². The summed E-state index contributed by atoms with van der Waals surface area (Å²) in [6, 6.07) is 8.89. The van der Waals surface area contributed by atoms with Crippen LogP contribution < -0.4 is 5.32 Å². The zero-order chi connectivity index (χ0) is 13.6. The number of thiocarbonyl (C=S) groups is 1. The minimum Gasteiger partial charge on any atom is -0.420 e. The van der Waals surface area contributed by atoms with Crippen molar-refractivity contribution in [2.75, 3.05) is 6.26 Å². The second-order valence-corrected chi connectivity index (χ2v) is 4.65. The summed E-state index contributed by atoms with van der Waals surface area (Å²) in [5, 5.41) is 2.63. The quantitative estimate of drug-likeness (QED) is 0.507. The summed E-state index contributed by atoms with van der Waals surface area (Å²) >= 11 is 5.69. The molecule has 0 saturated heterocycles. The Bertz CT molecular complexity index is 450. The third-order valence-corrected chi connectivity index (χ3v) is 3.49. The van der Waals surface area contributed by atoms with Gasteiger partial charge in [0.15, 0.2) is 5.55 Å². The van der Waals surface area contributed by atoms with Crippen molar-refractivity contribution in [1.29, 1.82) is 0 Å². The van der Waals surface area contributed by atoms with Gasteiger partial charge in [-0.05, 0) is 24.0 Å². The van der Waals surface area contributed by atoms with E-state index in [1.165, 1.54) is 18.7 Å². The van der Waals surface area contributed by atoms with Crippen molar-refractivity contribution in [3.63, 3.8) is 0 Å². The number of hydrogen-bond acceptors (Lipinski definition) is 5. The number of esters is 1. The first-order chi connectivity index (χ1) is 8.56. The molecule has 1 N–H and O–H groups in total. The van der Waals surface area contributed by atoms with Gasteiger partial charge in [0, 0.05) is 6.92 Å². The highest BCUT2D eigenvalue weighted by Gasteiger charge is 2.42. The monoisotopic (exact) mass is 283 g/mol. The number of thioether (sulfide) groups is 1. The van der Waals surface area contributed by atoms with Gasteiger partial charge in [-0.3, -0.25) is 4.79 Å². The highest BCUT2D eigenvalue weighted by Crippen LogP contribution is 2.33. The van der Waals surface area contributed by atoms with Gasteiger partial charge in [-0.15, -0.1) is 11.8 Å². The molecule has 1 rings (SSSR count). The van der Waals surface area contributed by atoms with Gasteiger partial charge >= 0.3 is 5.97 Å². The lowest BCUT2D eigenvalue weighted by molar-refractivity contribution is -0.141. The van der Waals surface area contributed by atoms with E-state index in [0.717, 1.165) is 5.55 Å². The van der Waals surface area contributed by atoms with Gasteiger partial charge in [0.25, 0.3) is 0 Å². The largest absolute Gasteiger partial charge is 0.420 e. The molecule has 1 atom stereocenters. The number of benzene rings is 1. The van der Waals surface area contributed by atoms with Crippen LogP contribution in [0.4, 0.5) is 0 Å². The number of hydrogen-bond donors (Lipinski definition) is 1. The van der Waals surface area contributed by atoms with E-state index in [9.17, 15) is 9.59 Å². The Kier molecular flexibility index (Phi) is 5.30. The molecule has 1 aromatic rings. The first-order valence-corrected chi connectivity index (χ1v) is 6.80. The molecule has 0 aromatic heterocycles. The average Bonchev–Trinajstić information content (AvgIpc) is 2.37. The van der Waals surface area contributed by atoms with Crippen molar-refractivity contribution < 1.29 is 14.3 Å². The van der Waals surface area contributed by atoms with E-state index in [1.54, 1.807) is 30.5 Å². The van der Waals surface area contributed by atoms with Crippen molar-refractivity contribution in [3.05, 3.63) is 35.9 Å². The first kappa shape index (κ1) is 14.7. The van der Waals surface area contributed by atoms with Gasteiger partial charge < -0.3 is 10.1 Å². The maximum atomic E-state index is 12.1. The summed E-state index contributed by atoms with van der Waals surface area (Å²) in [5.74, 6) is -0.944. The average molecular weight is 283 g/mol. The lowest BCUT2D eigenvalue weighted by atomic mass is 10.1. The molecule has 1 unspecified atom stereocenters. The summed E-state index contributed by atoms with van der Waals surface area (Å²) in [6.07, 6.45) is 1.72. The van der Waals surface area contributed by atoms with Crippen LogP contribution in [0.1, 0.15) is 12.5 Å². The van der Waals surface area contributed by atoms with Crippen LogP contribution in [-0.4, -0.2) is 23.7 Å². The Balaban J connectivity index is 3.26. The molecule has 0 radical (unpaired) electrons. The second-order valence-electron chi connectivity index (χ2n) is 3.43. The van der Waals surface area contributed by atoms with Crippen LogP contribution >= 0.6 is 24.0 Å². The summed E-state index contributed by atoms with van der Waals surface area (Å²) in [6.45, 7) is 1.35. The van der Waals surface area contributed by atoms with E-state index in [0.29, 0.717) is 5.56 Å². The fraction of sp³-hybridized carbons (Fsp3) is 0.250. The number of carbonyl (C=O) groups excluding carboxylic acids is 2. The van der Waals surface area contributed by atoms with Gasteiger partial charge in [0.2, 0.25) is 10.8 Å².